The number of amides is 1. The number of anilines is 1. The fourth-order valence-electron chi connectivity index (χ4n) is 3.33. The van der Waals surface area contributed by atoms with Gasteiger partial charge in [-0.3, -0.25) is 4.79 Å². The SMILES string of the molecule is Cc1cc(C#Cc2cnc3c(c2)N(OC(=O)C(F)(F)F)C(=O)CO3)cnc1-n1cnn(CC(CN)=C(F)F)c1=O. The molecule has 1 aliphatic rings. The Morgan fingerprint density at radius 2 is 1.82 bits per heavy atom. The summed E-state index contributed by atoms with van der Waals surface area (Å²) in [6.45, 7) is -0.0370. The molecular formula is C23H16F5N7O5. The highest BCUT2D eigenvalue weighted by molar-refractivity contribution is 5.97. The molecule has 0 saturated carbocycles. The number of carbonyl (C=O) groups is 2. The van der Waals surface area contributed by atoms with Gasteiger partial charge in [-0.15, -0.1) is 5.06 Å². The average molecular weight is 565 g/mol. The summed E-state index contributed by atoms with van der Waals surface area (Å²) in [6.07, 6.45) is -3.70. The second kappa shape index (κ2) is 10.9. The Kier molecular flexibility index (Phi) is 7.63. The summed E-state index contributed by atoms with van der Waals surface area (Å²) in [5.41, 5.74) is 4.68. The number of aryl methyl sites for hydroxylation is 1. The number of hydrogen-bond acceptors (Lipinski definition) is 9. The minimum Gasteiger partial charge on any atom is -0.466 e. The maximum atomic E-state index is 12.9. The van der Waals surface area contributed by atoms with E-state index in [1.165, 1.54) is 12.4 Å². The van der Waals surface area contributed by atoms with E-state index < -0.39 is 55.1 Å². The van der Waals surface area contributed by atoms with Crippen molar-refractivity contribution in [3.05, 3.63) is 69.7 Å². The van der Waals surface area contributed by atoms with E-state index in [4.69, 9.17) is 10.5 Å². The quantitative estimate of drug-likeness (QED) is 0.358. The first-order valence-corrected chi connectivity index (χ1v) is 11.0. The number of nitrogens with two attached hydrogens (primary N) is 1. The Morgan fingerprint density at radius 1 is 1.15 bits per heavy atom. The first kappa shape index (κ1) is 27.9. The standard InChI is InChI=1S/C23H16F5N7O5/c1-12-4-13(7-30-19(12)33-11-32-34(22(33)38)9-15(6-29)18(24)25)2-3-14-5-16-20(31-8-14)39-10-17(36)35(16)40-21(37)23(26,27)28/h4-5,7-8,11H,6,9-10,29H2,1H3. The van der Waals surface area contributed by atoms with Crippen LogP contribution in [0.5, 0.6) is 5.88 Å². The third-order valence-corrected chi connectivity index (χ3v) is 5.23. The second-order valence-corrected chi connectivity index (χ2v) is 8.03. The van der Waals surface area contributed by atoms with Gasteiger partial charge >= 0.3 is 17.8 Å². The van der Waals surface area contributed by atoms with Crippen molar-refractivity contribution < 1.29 is 41.1 Å². The molecule has 0 aliphatic carbocycles. The largest absolute Gasteiger partial charge is 0.493 e. The predicted molar refractivity (Wildman–Crippen MR) is 124 cm³/mol. The number of ether oxygens (including phenoxy) is 1. The molecule has 0 atom stereocenters. The Bertz CT molecular complexity index is 1650. The molecule has 0 saturated heterocycles. The van der Waals surface area contributed by atoms with Gasteiger partial charge in [0, 0.05) is 35.6 Å². The van der Waals surface area contributed by atoms with Crippen LogP contribution in [0.3, 0.4) is 0 Å². The van der Waals surface area contributed by atoms with E-state index in [1.807, 2.05) is 0 Å². The summed E-state index contributed by atoms with van der Waals surface area (Å²) < 4.78 is 70.6. The first-order valence-electron chi connectivity index (χ1n) is 11.0. The van der Waals surface area contributed by atoms with Crippen molar-refractivity contribution in [3.8, 4) is 23.5 Å². The van der Waals surface area contributed by atoms with E-state index in [2.05, 4.69) is 31.7 Å². The molecule has 0 spiro atoms. The number of nitrogens with zero attached hydrogens (tertiary/aromatic N) is 6. The molecule has 3 aromatic heterocycles. The van der Waals surface area contributed by atoms with Crippen LogP contribution in [0, 0.1) is 18.8 Å². The fraction of sp³-hybridized carbons (Fsp3) is 0.217. The van der Waals surface area contributed by atoms with Crippen molar-refractivity contribution in [1.82, 2.24) is 24.3 Å². The highest BCUT2D eigenvalue weighted by atomic mass is 19.4. The van der Waals surface area contributed by atoms with Crippen LogP contribution in [0.1, 0.15) is 16.7 Å². The van der Waals surface area contributed by atoms with Crippen molar-refractivity contribution >= 4 is 17.6 Å². The molecule has 0 fully saturated rings. The minimum absolute atomic E-state index is 0.119. The lowest BCUT2D eigenvalue weighted by Crippen LogP contribution is -2.43. The van der Waals surface area contributed by atoms with Crippen LogP contribution in [-0.2, 0) is 21.0 Å². The molecule has 0 bridgehead atoms. The normalized spacial score (nSPS) is 12.7. The third-order valence-electron chi connectivity index (χ3n) is 5.23. The van der Waals surface area contributed by atoms with Crippen LogP contribution in [0.2, 0.25) is 0 Å². The number of halogens is 5. The summed E-state index contributed by atoms with van der Waals surface area (Å²) in [7, 11) is 0. The number of hydrogen-bond donors (Lipinski definition) is 1. The lowest BCUT2D eigenvalue weighted by atomic mass is 10.2. The minimum atomic E-state index is -5.35. The third kappa shape index (κ3) is 5.81. The first-order chi connectivity index (χ1) is 18.9. The van der Waals surface area contributed by atoms with E-state index in [1.54, 1.807) is 13.0 Å². The van der Waals surface area contributed by atoms with E-state index in [0.29, 0.717) is 11.1 Å². The second-order valence-electron chi connectivity index (χ2n) is 8.03. The molecule has 0 unspecified atom stereocenters. The monoisotopic (exact) mass is 565 g/mol. The maximum Gasteiger partial charge on any atom is 0.493 e. The van der Waals surface area contributed by atoms with Crippen molar-refractivity contribution in [2.75, 3.05) is 18.2 Å². The van der Waals surface area contributed by atoms with Crippen molar-refractivity contribution in [1.29, 1.82) is 0 Å². The smallest absolute Gasteiger partial charge is 0.466 e. The summed E-state index contributed by atoms with van der Waals surface area (Å²) in [5.74, 6) is 1.66. The number of aromatic nitrogens is 5. The van der Waals surface area contributed by atoms with Crippen molar-refractivity contribution in [2.24, 2.45) is 5.73 Å². The number of hydroxylamine groups is 1. The molecule has 0 radical (unpaired) electrons. The van der Waals surface area contributed by atoms with Crippen LogP contribution < -0.4 is 21.2 Å². The fourth-order valence-corrected chi connectivity index (χ4v) is 3.33. The molecule has 208 valence electrons. The maximum absolute atomic E-state index is 12.9. The Balaban J connectivity index is 1.58. The molecule has 1 amide bonds. The van der Waals surface area contributed by atoms with Gasteiger partial charge in [-0.25, -0.2) is 28.8 Å². The molecule has 1 aliphatic heterocycles. The topological polar surface area (TPSA) is 147 Å². The number of rotatable bonds is 5. The van der Waals surface area contributed by atoms with Gasteiger partial charge in [0.15, 0.2) is 6.61 Å². The molecular weight excluding hydrogens is 549 g/mol. The Labute approximate surface area is 220 Å². The molecule has 3 aromatic rings. The highest BCUT2D eigenvalue weighted by Crippen LogP contribution is 2.32. The summed E-state index contributed by atoms with van der Waals surface area (Å²) in [5, 5.41) is 3.96. The molecule has 17 heteroatoms. The molecule has 4 heterocycles. The summed E-state index contributed by atoms with van der Waals surface area (Å²) in [6, 6.07) is 2.70. The number of fused-ring (bicyclic) bond motifs is 1. The lowest BCUT2D eigenvalue weighted by molar-refractivity contribution is -0.202. The zero-order valence-electron chi connectivity index (χ0n) is 20.2. The van der Waals surface area contributed by atoms with Crippen LogP contribution in [0.15, 0.2) is 47.3 Å². The van der Waals surface area contributed by atoms with Gasteiger partial charge in [0.1, 0.15) is 17.8 Å². The van der Waals surface area contributed by atoms with E-state index in [9.17, 15) is 36.3 Å². The number of carbonyl (C=O) groups excluding carboxylic acids is 2. The molecule has 0 aromatic carbocycles. The Morgan fingerprint density at radius 3 is 2.45 bits per heavy atom. The van der Waals surface area contributed by atoms with E-state index >= 15 is 0 Å². The van der Waals surface area contributed by atoms with Crippen LogP contribution >= 0.6 is 0 Å². The van der Waals surface area contributed by atoms with Gasteiger partial charge in [0.05, 0.1) is 6.54 Å². The molecule has 40 heavy (non-hydrogen) atoms. The van der Waals surface area contributed by atoms with Gasteiger partial charge in [-0.2, -0.15) is 27.1 Å². The average Bonchev–Trinajstić information content (AvgIpc) is 3.26. The van der Waals surface area contributed by atoms with Gasteiger partial charge in [-0.1, -0.05) is 11.8 Å². The number of alkyl halides is 3. The van der Waals surface area contributed by atoms with Gasteiger partial charge in [-0.05, 0) is 24.6 Å². The van der Waals surface area contributed by atoms with Crippen LogP contribution in [0.25, 0.3) is 5.82 Å². The highest BCUT2D eigenvalue weighted by Gasteiger charge is 2.45. The molecule has 12 nitrogen and oxygen atoms in total. The molecule has 4 rings (SSSR count). The number of pyridine rings is 2. The predicted octanol–water partition coefficient (Wildman–Crippen LogP) is 1.39. The van der Waals surface area contributed by atoms with Crippen molar-refractivity contribution in [3.63, 3.8) is 0 Å². The van der Waals surface area contributed by atoms with Gasteiger partial charge in [0.25, 0.3) is 12.0 Å². The molecule has 2 N–H and O–H groups in total. The van der Waals surface area contributed by atoms with Crippen LogP contribution in [0.4, 0.5) is 27.6 Å². The zero-order valence-corrected chi connectivity index (χ0v) is 20.2. The Hall–Kier alpha value is -5.11. The van der Waals surface area contributed by atoms with Crippen molar-refractivity contribution in [2.45, 2.75) is 19.6 Å². The van der Waals surface area contributed by atoms with Gasteiger partial charge < -0.3 is 15.3 Å². The zero-order chi connectivity index (χ0) is 29.2. The van der Waals surface area contributed by atoms with E-state index in [0.717, 1.165) is 21.6 Å². The van der Waals surface area contributed by atoms with Crippen LogP contribution in [-0.4, -0.2) is 55.5 Å². The summed E-state index contributed by atoms with van der Waals surface area (Å²) in [4.78, 5) is 48.2. The van der Waals surface area contributed by atoms with Gasteiger partial charge in [0.2, 0.25) is 5.88 Å². The lowest BCUT2D eigenvalue weighted by Gasteiger charge is -2.26. The van der Waals surface area contributed by atoms with E-state index in [-0.39, 0.29) is 28.0 Å². The summed E-state index contributed by atoms with van der Waals surface area (Å²) >= 11 is 0.